The summed E-state index contributed by atoms with van der Waals surface area (Å²) in [6, 6.07) is 12.3. The molecule has 2 rings (SSSR count). The molecule has 0 radical (unpaired) electrons. The van der Waals surface area contributed by atoms with Gasteiger partial charge >= 0.3 is 10.4 Å². The number of aromatic hydroxyl groups is 1. The summed E-state index contributed by atoms with van der Waals surface area (Å²) in [5, 5.41) is 32.2. The zero-order valence-corrected chi connectivity index (χ0v) is 16.3. The summed E-state index contributed by atoms with van der Waals surface area (Å²) >= 11 is 0. The van der Waals surface area contributed by atoms with Crippen LogP contribution in [-0.4, -0.2) is 60.9 Å². The predicted molar refractivity (Wildman–Crippen MR) is 102 cm³/mol. The van der Waals surface area contributed by atoms with Crippen molar-refractivity contribution in [3.8, 4) is 17.2 Å². The molecule has 0 fully saturated rings. The van der Waals surface area contributed by atoms with Crippen LogP contribution in [0.2, 0.25) is 0 Å². The Kier molecular flexibility index (Phi) is 8.20. The molecule has 0 saturated heterocycles. The predicted octanol–water partition coefficient (Wildman–Crippen LogP) is 0.609. The van der Waals surface area contributed by atoms with Crippen molar-refractivity contribution in [2.75, 3.05) is 20.3 Å². The van der Waals surface area contributed by atoms with E-state index in [1.54, 1.807) is 24.3 Å². The second-order valence-electron chi connectivity index (χ2n) is 5.98. The third kappa shape index (κ3) is 7.49. The number of aliphatic hydroxyl groups excluding tert-OH is 2. The first-order valence-corrected chi connectivity index (χ1v) is 9.86. The van der Waals surface area contributed by atoms with Gasteiger partial charge in [0.2, 0.25) is 0 Å². The van der Waals surface area contributed by atoms with Crippen LogP contribution >= 0.6 is 0 Å². The normalized spacial score (nSPS) is 14.8. The van der Waals surface area contributed by atoms with E-state index >= 15 is 0 Å². The van der Waals surface area contributed by atoms with Gasteiger partial charge in [0.15, 0.2) is 17.6 Å². The molecule has 5 N–H and O–H groups in total. The molecule has 3 unspecified atom stereocenters. The summed E-state index contributed by atoms with van der Waals surface area (Å²) in [6.07, 6.45) is -4.20. The number of hydrogen-bond donors (Lipinski definition) is 5. The number of ether oxygens (including phenoxy) is 2. The van der Waals surface area contributed by atoms with Gasteiger partial charge in [-0.3, -0.25) is 9.87 Å². The summed E-state index contributed by atoms with van der Waals surface area (Å²) in [5.41, 5.74) is 0.458. The molecule has 0 aliphatic carbocycles. The lowest BCUT2D eigenvalue weighted by atomic mass is 10.1. The number of benzene rings is 2. The van der Waals surface area contributed by atoms with Crippen LogP contribution in [0.15, 0.2) is 48.5 Å². The molecule has 11 heteroatoms. The maximum Gasteiger partial charge on any atom is 0.397 e. The lowest BCUT2D eigenvalue weighted by Gasteiger charge is -2.24. The average molecular weight is 429 g/mol. The SMILES string of the molecule is COc1ccccc1OCC(OS(=O)(=O)O)C(O)NCC(O)c1ccc(O)cc1. The van der Waals surface area contributed by atoms with E-state index in [2.05, 4.69) is 9.50 Å². The molecule has 0 aliphatic rings. The zero-order chi connectivity index (χ0) is 21.4. The van der Waals surface area contributed by atoms with Gasteiger partial charge in [0.1, 0.15) is 18.6 Å². The Labute approximate surface area is 168 Å². The molecule has 2 aromatic rings. The van der Waals surface area contributed by atoms with Crippen LogP contribution in [0.25, 0.3) is 0 Å². The minimum absolute atomic E-state index is 0.0315. The number of nitrogens with one attached hydrogen (secondary N) is 1. The number of para-hydroxylation sites is 2. The minimum atomic E-state index is -4.89. The molecule has 29 heavy (non-hydrogen) atoms. The van der Waals surface area contributed by atoms with Crippen molar-refractivity contribution in [1.29, 1.82) is 0 Å². The van der Waals surface area contributed by atoms with Gasteiger partial charge in [0.25, 0.3) is 0 Å². The van der Waals surface area contributed by atoms with Gasteiger partial charge in [0, 0.05) is 6.54 Å². The van der Waals surface area contributed by atoms with E-state index in [4.69, 9.17) is 14.0 Å². The van der Waals surface area contributed by atoms with Crippen molar-refractivity contribution in [2.24, 2.45) is 0 Å². The molecule has 0 saturated carbocycles. The van der Waals surface area contributed by atoms with Gasteiger partial charge in [-0.1, -0.05) is 24.3 Å². The van der Waals surface area contributed by atoms with Crippen molar-refractivity contribution in [2.45, 2.75) is 18.4 Å². The van der Waals surface area contributed by atoms with Crippen LogP contribution in [0, 0.1) is 0 Å². The Morgan fingerprint density at radius 2 is 1.66 bits per heavy atom. The second-order valence-corrected chi connectivity index (χ2v) is 7.03. The molecule has 0 bridgehead atoms. The van der Waals surface area contributed by atoms with Crippen LogP contribution in [0.5, 0.6) is 17.2 Å². The number of phenols is 1. The van der Waals surface area contributed by atoms with Crippen LogP contribution < -0.4 is 14.8 Å². The van der Waals surface area contributed by atoms with Crippen molar-refractivity contribution >= 4 is 10.4 Å². The summed E-state index contributed by atoms with van der Waals surface area (Å²) in [7, 11) is -3.46. The molecule has 0 amide bonds. The third-order valence-corrected chi connectivity index (χ3v) is 4.36. The van der Waals surface area contributed by atoms with Gasteiger partial charge < -0.3 is 24.8 Å². The maximum absolute atomic E-state index is 11.1. The number of rotatable bonds is 11. The highest BCUT2D eigenvalue weighted by molar-refractivity contribution is 7.80. The summed E-state index contributed by atoms with van der Waals surface area (Å²) in [6.45, 7) is -0.629. The number of phenolic OH excluding ortho intramolecular Hbond substituents is 1. The molecule has 0 aromatic heterocycles. The maximum atomic E-state index is 11.1. The smallest absolute Gasteiger partial charge is 0.397 e. The Morgan fingerprint density at radius 3 is 2.24 bits per heavy atom. The number of hydrogen-bond acceptors (Lipinski definition) is 9. The lowest BCUT2D eigenvalue weighted by molar-refractivity contribution is -0.0184. The fourth-order valence-corrected chi connectivity index (χ4v) is 2.89. The Morgan fingerprint density at radius 1 is 1.03 bits per heavy atom. The molecule has 0 aliphatic heterocycles. The van der Waals surface area contributed by atoms with Gasteiger partial charge in [-0.15, -0.1) is 0 Å². The van der Waals surface area contributed by atoms with Gasteiger partial charge in [-0.25, -0.2) is 4.18 Å². The van der Waals surface area contributed by atoms with E-state index < -0.39 is 35.4 Å². The Bertz CT molecular complexity index is 873. The van der Waals surface area contributed by atoms with Crippen LogP contribution in [0.3, 0.4) is 0 Å². The highest BCUT2D eigenvalue weighted by Gasteiger charge is 2.27. The van der Waals surface area contributed by atoms with E-state index in [0.717, 1.165) is 0 Å². The van der Waals surface area contributed by atoms with Crippen molar-refractivity contribution in [3.05, 3.63) is 54.1 Å². The molecule has 2 aromatic carbocycles. The fourth-order valence-electron chi connectivity index (χ4n) is 2.42. The molecular weight excluding hydrogens is 406 g/mol. The average Bonchev–Trinajstić information content (AvgIpc) is 2.69. The Balaban J connectivity index is 2.01. The topological polar surface area (TPSA) is 155 Å². The van der Waals surface area contributed by atoms with Crippen molar-refractivity contribution in [3.63, 3.8) is 0 Å². The first kappa shape index (κ1) is 22.9. The second kappa shape index (κ2) is 10.4. The van der Waals surface area contributed by atoms with Crippen LogP contribution in [0.4, 0.5) is 0 Å². The molecule has 10 nitrogen and oxygen atoms in total. The molecule has 3 atom stereocenters. The monoisotopic (exact) mass is 429 g/mol. The molecule has 0 spiro atoms. The van der Waals surface area contributed by atoms with Crippen molar-refractivity contribution < 1.29 is 41.9 Å². The van der Waals surface area contributed by atoms with E-state index in [1.165, 1.54) is 31.4 Å². The van der Waals surface area contributed by atoms with Crippen molar-refractivity contribution in [1.82, 2.24) is 5.32 Å². The molecule has 160 valence electrons. The first-order chi connectivity index (χ1) is 13.7. The van der Waals surface area contributed by atoms with Gasteiger partial charge in [-0.05, 0) is 29.8 Å². The van der Waals surface area contributed by atoms with E-state index in [9.17, 15) is 23.7 Å². The minimum Gasteiger partial charge on any atom is -0.508 e. The van der Waals surface area contributed by atoms with E-state index in [0.29, 0.717) is 11.3 Å². The standard InChI is InChI=1S/C18H23NO9S/c1-26-15-4-2-3-5-16(15)27-11-17(28-29(23,24)25)18(22)19-10-14(21)12-6-8-13(20)9-7-12/h2-9,14,17-22H,10-11H2,1H3,(H,23,24,25). The highest BCUT2D eigenvalue weighted by atomic mass is 32.3. The fraction of sp³-hybridized carbons (Fsp3) is 0.333. The Hall–Kier alpha value is -2.41. The summed E-state index contributed by atoms with van der Waals surface area (Å²) < 4.78 is 46.2. The largest absolute Gasteiger partial charge is 0.508 e. The quantitative estimate of drug-likeness (QED) is 0.253. The van der Waals surface area contributed by atoms with E-state index in [1.807, 2.05) is 0 Å². The lowest BCUT2D eigenvalue weighted by Crippen LogP contribution is -2.46. The van der Waals surface area contributed by atoms with Gasteiger partial charge in [0.05, 0.1) is 13.2 Å². The first-order valence-electron chi connectivity index (χ1n) is 8.49. The summed E-state index contributed by atoms with van der Waals surface area (Å²) in [4.78, 5) is 0. The number of methoxy groups -OCH3 is 1. The number of aliphatic hydroxyl groups is 2. The summed E-state index contributed by atoms with van der Waals surface area (Å²) in [5.74, 6) is 0.683. The van der Waals surface area contributed by atoms with Gasteiger partial charge in [-0.2, -0.15) is 8.42 Å². The third-order valence-electron chi connectivity index (χ3n) is 3.87. The van der Waals surface area contributed by atoms with Crippen LogP contribution in [0.1, 0.15) is 11.7 Å². The highest BCUT2D eigenvalue weighted by Crippen LogP contribution is 2.26. The molecule has 0 heterocycles. The van der Waals surface area contributed by atoms with Crippen LogP contribution in [-0.2, 0) is 14.6 Å². The zero-order valence-electron chi connectivity index (χ0n) is 15.5. The van der Waals surface area contributed by atoms with E-state index in [-0.39, 0.29) is 18.0 Å². The molecular formula is C18H23NO9S.